The number of hydrogen-bond donors (Lipinski definition) is 2. The van der Waals surface area contributed by atoms with Gasteiger partial charge in [-0.3, -0.25) is 9.59 Å². The Balaban J connectivity index is 1.59. The van der Waals surface area contributed by atoms with Crippen LogP contribution in [0.25, 0.3) is 0 Å². The van der Waals surface area contributed by atoms with E-state index in [1.54, 1.807) is 49.4 Å². The zero-order valence-electron chi connectivity index (χ0n) is 16.3. The Morgan fingerprint density at radius 3 is 2.47 bits per heavy atom. The van der Waals surface area contributed by atoms with E-state index in [0.29, 0.717) is 22.7 Å². The molecular formula is C23H20FN3O3. The Labute approximate surface area is 173 Å². The van der Waals surface area contributed by atoms with Crippen LogP contribution >= 0.6 is 0 Å². The minimum Gasteiger partial charge on any atom is -0.484 e. The Hall–Kier alpha value is -4.00. The maximum atomic E-state index is 13.8. The van der Waals surface area contributed by atoms with Crippen LogP contribution in [0.4, 0.5) is 10.1 Å². The summed E-state index contributed by atoms with van der Waals surface area (Å²) in [5.74, 6) is -0.954. The van der Waals surface area contributed by atoms with Gasteiger partial charge >= 0.3 is 0 Å². The lowest BCUT2D eigenvalue weighted by atomic mass is 10.1. The molecule has 0 saturated carbocycles. The first kappa shape index (κ1) is 20.7. The summed E-state index contributed by atoms with van der Waals surface area (Å²) in [6.45, 7) is 1.55. The second kappa shape index (κ2) is 9.97. The number of nitrogens with one attached hydrogen (secondary N) is 2. The van der Waals surface area contributed by atoms with Crippen LogP contribution in [0, 0.1) is 5.82 Å². The molecule has 2 amide bonds. The second-order valence-electron chi connectivity index (χ2n) is 6.35. The summed E-state index contributed by atoms with van der Waals surface area (Å²) in [7, 11) is 0. The van der Waals surface area contributed by atoms with Gasteiger partial charge in [0.05, 0.1) is 11.3 Å². The Kier molecular flexibility index (Phi) is 6.89. The van der Waals surface area contributed by atoms with Crippen molar-refractivity contribution in [1.29, 1.82) is 0 Å². The lowest BCUT2D eigenvalue weighted by molar-refractivity contribution is -0.123. The minimum absolute atomic E-state index is 0.0426. The first-order valence-electron chi connectivity index (χ1n) is 9.20. The molecule has 0 aliphatic heterocycles. The van der Waals surface area contributed by atoms with Gasteiger partial charge in [-0.1, -0.05) is 42.5 Å². The summed E-state index contributed by atoms with van der Waals surface area (Å²) >= 11 is 0. The molecule has 6 nitrogen and oxygen atoms in total. The summed E-state index contributed by atoms with van der Waals surface area (Å²) in [6, 6.07) is 21.6. The lowest BCUT2D eigenvalue weighted by Gasteiger charge is -2.09. The number of hydrogen-bond acceptors (Lipinski definition) is 4. The Morgan fingerprint density at radius 1 is 0.967 bits per heavy atom. The van der Waals surface area contributed by atoms with Crippen molar-refractivity contribution >= 4 is 23.2 Å². The molecule has 30 heavy (non-hydrogen) atoms. The molecule has 0 aromatic heterocycles. The molecule has 0 bridgehead atoms. The van der Waals surface area contributed by atoms with Gasteiger partial charge in [-0.25, -0.2) is 9.82 Å². The Morgan fingerprint density at radius 2 is 1.70 bits per heavy atom. The molecule has 0 aliphatic rings. The highest BCUT2D eigenvalue weighted by molar-refractivity contribution is 6.05. The smallest absolute Gasteiger partial charge is 0.277 e. The molecule has 0 spiro atoms. The SMILES string of the molecule is CC(=NNC(=O)COc1ccccc1)c1cccc(NC(=O)c2ccccc2F)c1. The van der Waals surface area contributed by atoms with E-state index in [1.165, 1.54) is 18.2 Å². The van der Waals surface area contributed by atoms with E-state index < -0.39 is 17.6 Å². The van der Waals surface area contributed by atoms with Gasteiger partial charge in [-0.2, -0.15) is 5.10 Å². The topological polar surface area (TPSA) is 79.8 Å². The van der Waals surface area contributed by atoms with Gasteiger partial charge in [0, 0.05) is 5.69 Å². The van der Waals surface area contributed by atoms with Crippen molar-refractivity contribution in [2.75, 3.05) is 11.9 Å². The number of anilines is 1. The molecule has 152 valence electrons. The molecule has 3 aromatic rings. The fourth-order valence-corrected chi connectivity index (χ4v) is 2.57. The van der Waals surface area contributed by atoms with E-state index in [1.807, 2.05) is 18.2 Å². The number of para-hydroxylation sites is 1. The van der Waals surface area contributed by atoms with Crippen molar-refractivity contribution in [3.05, 3.63) is 95.8 Å². The quantitative estimate of drug-likeness (QED) is 0.461. The maximum absolute atomic E-state index is 13.8. The van der Waals surface area contributed by atoms with E-state index in [0.717, 1.165) is 0 Å². The van der Waals surface area contributed by atoms with Crippen molar-refractivity contribution in [2.24, 2.45) is 5.10 Å². The molecule has 0 fully saturated rings. The molecule has 7 heteroatoms. The summed E-state index contributed by atoms with van der Waals surface area (Å²) in [5.41, 5.74) is 4.09. The summed E-state index contributed by atoms with van der Waals surface area (Å²) in [4.78, 5) is 24.2. The third-order valence-corrected chi connectivity index (χ3v) is 4.12. The molecule has 2 N–H and O–H groups in total. The first-order valence-corrected chi connectivity index (χ1v) is 9.20. The van der Waals surface area contributed by atoms with Crippen molar-refractivity contribution in [2.45, 2.75) is 6.92 Å². The third kappa shape index (κ3) is 5.75. The number of nitrogens with zero attached hydrogens (tertiary/aromatic N) is 1. The zero-order chi connectivity index (χ0) is 21.3. The van der Waals surface area contributed by atoms with Crippen molar-refractivity contribution in [1.82, 2.24) is 5.43 Å². The largest absolute Gasteiger partial charge is 0.484 e. The molecule has 0 aliphatic carbocycles. The zero-order valence-corrected chi connectivity index (χ0v) is 16.3. The fraction of sp³-hybridized carbons (Fsp3) is 0.0870. The predicted molar refractivity (Wildman–Crippen MR) is 113 cm³/mol. The van der Waals surface area contributed by atoms with Gasteiger partial charge in [-0.05, 0) is 48.9 Å². The molecule has 0 radical (unpaired) electrons. The number of carbonyl (C=O) groups is 2. The molecule has 0 unspecified atom stereocenters. The average molecular weight is 405 g/mol. The standard InChI is InChI=1S/C23H20FN3O3/c1-16(26-27-22(28)15-30-19-10-3-2-4-11-19)17-8-7-9-18(14-17)25-23(29)20-12-5-6-13-21(20)24/h2-14H,15H2,1H3,(H,25,29)(H,27,28). The predicted octanol–water partition coefficient (Wildman–Crippen LogP) is 4.00. The highest BCUT2D eigenvalue weighted by Gasteiger charge is 2.11. The van der Waals surface area contributed by atoms with Gasteiger partial charge in [0.25, 0.3) is 11.8 Å². The Bertz CT molecular complexity index is 1070. The second-order valence-corrected chi connectivity index (χ2v) is 6.35. The van der Waals surface area contributed by atoms with Crippen LogP contribution in [-0.4, -0.2) is 24.1 Å². The third-order valence-electron chi connectivity index (χ3n) is 4.12. The fourth-order valence-electron chi connectivity index (χ4n) is 2.57. The molecular weight excluding hydrogens is 385 g/mol. The first-order chi connectivity index (χ1) is 14.5. The minimum atomic E-state index is -0.593. The van der Waals surface area contributed by atoms with Gasteiger partial charge in [0.2, 0.25) is 0 Å². The number of halogens is 1. The van der Waals surface area contributed by atoms with E-state index in [4.69, 9.17) is 4.74 Å². The maximum Gasteiger partial charge on any atom is 0.277 e. The number of ether oxygens (including phenoxy) is 1. The van der Waals surface area contributed by atoms with E-state index in [-0.39, 0.29) is 12.2 Å². The number of hydrazone groups is 1. The van der Waals surface area contributed by atoms with Crippen molar-refractivity contribution < 1.29 is 18.7 Å². The molecule has 0 atom stereocenters. The van der Waals surface area contributed by atoms with Crippen molar-refractivity contribution in [3.63, 3.8) is 0 Å². The summed E-state index contributed by atoms with van der Waals surface area (Å²) in [6.07, 6.45) is 0. The van der Waals surface area contributed by atoms with E-state index in [2.05, 4.69) is 15.8 Å². The number of amides is 2. The van der Waals surface area contributed by atoms with Crippen LogP contribution < -0.4 is 15.5 Å². The van der Waals surface area contributed by atoms with Crippen LogP contribution in [0.2, 0.25) is 0 Å². The van der Waals surface area contributed by atoms with Crippen LogP contribution in [0.5, 0.6) is 5.75 Å². The van der Waals surface area contributed by atoms with Crippen LogP contribution in [0.3, 0.4) is 0 Å². The van der Waals surface area contributed by atoms with Gasteiger partial charge < -0.3 is 10.1 Å². The lowest BCUT2D eigenvalue weighted by Crippen LogP contribution is -2.25. The number of carbonyl (C=O) groups excluding carboxylic acids is 2. The summed E-state index contributed by atoms with van der Waals surface area (Å²) < 4.78 is 19.1. The van der Waals surface area contributed by atoms with Crippen LogP contribution in [0.15, 0.2) is 84.0 Å². The van der Waals surface area contributed by atoms with Gasteiger partial charge in [0.1, 0.15) is 11.6 Å². The van der Waals surface area contributed by atoms with Crippen LogP contribution in [-0.2, 0) is 4.79 Å². The highest BCUT2D eigenvalue weighted by Crippen LogP contribution is 2.15. The van der Waals surface area contributed by atoms with Gasteiger partial charge in [-0.15, -0.1) is 0 Å². The monoisotopic (exact) mass is 405 g/mol. The van der Waals surface area contributed by atoms with Crippen LogP contribution in [0.1, 0.15) is 22.8 Å². The molecule has 0 heterocycles. The number of benzene rings is 3. The normalized spacial score (nSPS) is 10.9. The van der Waals surface area contributed by atoms with E-state index >= 15 is 0 Å². The average Bonchev–Trinajstić information content (AvgIpc) is 2.77. The van der Waals surface area contributed by atoms with Gasteiger partial charge in [0.15, 0.2) is 6.61 Å². The molecule has 0 saturated heterocycles. The van der Waals surface area contributed by atoms with E-state index in [9.17, 15) is 14.0 Å². The highest BCUT2D eigenvalue weighted by atomic mass is 19.1. The summed E-state index contributed by atoms with van der Waals surface area (Å²) in [5, 5.41) is 6.72. The van der Waals surface area contributed by atoms with Crippen molar-refractivity contribution in [3.8, 4) is 5.75 Å². The number of rotatable bonds is 7. The molecule has 3 aromatic carbocycles. The molecule has 3 rings (SSSR count).